The Kier molecular flexibility index (Phi) is 30.0. The number of carbonyl (C=O) groups is 1. The van der Waals surface area contributed by atoms with Gasteiger partial charge in [-0.3, -0.25) is 4.79 Å². The van der Waals surface area contributed by atoms with E-state index in [0.29, 0.717) is 13.0 Å². The van der Waals surface area contributed by atoms with Gasteiger partial charge in [-0.1, -0.05) is 174 Å². The molecule has 2 heteroatoms. The van der Waals surface area contributed by atoms with Gasteiger partial charge in [0.2, 0.25) is 0 Å². The molecule has 0 unspecified atom stereocenters. The summed E-state index contributed by atoms with van der Waals surface area (Å²) in [5, 5.41) is 0. The number of carbonyl (C=O) groups excluding carboxylic acids is 1. The Bertz CT molecular complexity index is 379. The van der Waals surface area contributed by atoms with E-state index in [1.165, 1.54) is 161 Å². The van der Waals surface area contributed by atoms with E-state index in [4.69, 9.17) is 4.74 Å². The van der Waals surface area contributed by atoms with Crippen LogP contribution in [-0.4, -0.2) is 12.6 Å². The van der Waals surface area contributed by atoms with Gasteiger partial charge in [-0.2, -0.15) is 0 Å². The Labute approximate surface area is 215 Å². The summed E-state index contributed by atoms with van der Waals surface area (Å²) in [5.41, 5.74) is 0. The highest BCUT2D eigenvalue weighted by atomic mass is 16.5. The van der Waals surface area contributed by atoms with Crippen LogP contribution in [0, 0.1) is 0 Å². The molecule has 204 valence electrons. The van der Waals surface area contributed by atoms with Gasteiger partial charge in [-0.05, 0) is 12.8 Å². The maximum absolute atomic E-state index is 11.8. The van der Waals surface area contributed by atoms with E-state index < -0.39 is 0 Å². The van der Waals surface area contributed by atoms with Gasteiger partial charge in [-0.25, -0.2) is 0 Å². The summed E-state index contributed by atoms with van der Waals surface area (Å²) in [6.07, 6.45) is 37.3. The lowest BCUT2D eigenvalue weighted by atomic mass is 10.0. The first-order valence-electron chi connectivity index (χ1n) is 16.0. The molecule has 0 fully saturated rings. The summed E-state index contributed by atoms with van der Waals surface area (Å²) in [6, 6.07) is 0. The quantitative estimate of drug-likeness (QED) is 0.0785. The standard InChI is InChI=1S/C32H64O2/c1-3-5-7-9-11-12-13-14-15-16-17-18-19-20-21-22-23-25-27-29-31-34-32(33)30-28-26-24-10-8-6-4-2/h3-31H2,1-2H3. The van der Waals surface area contributed by atoms with Gasteiger partial charge >= 0.3 is 5.97 Å². The van der Waals surface area contributed by atoms with Crippen LogP contribution in [0.15, 0.2) is 0 Å². The molecule has 0 aliphatic carbocycles. The highest BCUT2D eigenvalue weighted by Gasteiger charge is 2.02. The molecule has 0 spiro atoms. The van der Waals surface area contributed by atoms with E-state index in [0.717, 1.165) is 12.8 Å². The minimum absolute atomic E-state index is 0.0198. The van der Waals surface area contributed by atoms with Crippen LogP contribution < -0.4 is 0 Å². The first kappa shape index (κ1) is 33.5. The van der Waals surface area contributed by atoms with Gasteiger partial charge in [-0.15, -0.1) is 0 Å². The first-order chi connectivity index (χ1) is 16.8. The van der Waals surface area contributed by atoms with Gasteiger partial charge in [0.05, 0.1) is 6.61 Å². The van der Waals surface area contributed by atoms with Crippen LogP contribution in [0.5, 0.6) is 0 Å². The predicted molar refractivity (Wildman–Crippen MR) is 152 cm³/mol. The SMILES string of the molecule is CCCCCCCCCCCCCCCCCCCCCCOC(=O)CCCCCCCCC. The van der Waals surface area contributed by atoms with Gasteiger partial charge in [0, 0.05) is 6.42 Å². The summed E-state index contributed by atoms with van der Waals surface area (Å²) in [5.74, 6) is 0.0198. The molecule has 0 radical (unpaired) electrons. The Balaban J connectivity index is 3.10. The second kappa shape index (κ2) is 30.5. The highest BCUT2D eigenvalue weighted by Crippen LogP contribution is 2.15. The smallest absolute Gasteiger partial charge is 0.305 e. The van der Waals surface area contributed by atoms with E-state index >= 15 is 0 Å². The Morgan fingerprint density at radius 1 is 0.382 bits per heavy atom. The molecule has 0 N–H and O–H groups in total. The molecule has 0 bridgehead atoms. The lowest BCUT2D eigenvalue weighted by Crippen LogP contribution is -2.05. The molecule has 0 saturated carbocycles. The third-order valence-electron chi connectivity index (χ3n) is 7.25. The molecular weight excluding hydrogens is 416 g/mol. The average molecular weight is 481 g/mol. The van der Waals surface area contributed by atoms with E-state index in [-0.39, 0.29) is 5.97 Å². The highest BCUT2D eigenvalue weighted by molar-refractivity contribution is 5.69. The fraction of sp³-hybridized carbons (Fsp3) is 0.969. The molecule has 0 aromatic carbocycles. The number of unbranched alkanes of at least 4 members (excludes halogenated alkanes) is 25. The minimum Gasteiger partial charge on any atom is -0.466 e. The van der Waals surface area contributed by atoms with Crippen molar-refractivity contribution >= 4 is 5.97 Å². The van der Waals surface area contributed by atoms with E-state index in [9.17, 15) is 4.79 Å². The van der Waals surface area contributed by atoms with Crippen molar-refractivity contribution in [2.24, 2.45) is 0 Å². The van der Waals surface area contributed by atoms with Crippen molar-refractivity contribution in [3.8, 4) is 0 Å². The Morgan fingerprint density at radius 2 is 0.647 bits per heavy atom. The molecule has 0 saturated heterocycles. The average Bonchev–Trinajstić information content (AvgIpc) is 2.84. The second-order valence-electron chi connectivity index (χ2n) is 10.8. The zero-order valence-corrected chi connectivity index (χ0v) is 23.8. The van der Waals surface area contributed by atoms with Crippen molar-refractivity contribution in [3.63, 3.8) is 0 Å². The molecule has 0 aromatic heterocycles. The zero-order chi connectivity index (χ0) is 24.8. The van der Waals surface area contributed by atoms with Crippen LogP contribution in [0.1, 0.15) is 194 Å². The van der Waals surface area contributed by atoms with Crippen LogP contribution in [0.3, 0.4) is 0 Å². The maximum atomic E-state index is 11.8. The summed E-state index contributed by atoms with van der Waals surface area (Å²) in [7, 11) is 0. The molecule has 0 aromatic rings. The third kappa shape index (κ3) is 29.5. The van der Waals surface area contributed by atoms with Crippen molar-refractivity contribution in [3.05, 3.63) is 0 Å². The maximum Gasteiger partial charge on any atom is 0.305 e. The Morgan fingerprint density at radius 3 is 0.971 bits per heavy atom. The normalized spacial score (nSPS) is 11.2. The van der Waals surface area contributed by atoms with Gasteiger partial charge in [0.15, 0.2) is 0 Å². The van der Waals surface area contributed by atoms with E-state index in [1.54, 1.807) is 0 Å². The number of rotatable bonds is 29. The lowest BCUT2D eigenvalue weighted by Gasteiger charge is -2.06. The second-order valence-corrected chi connectivity index (χ2v) is 10.8. The van der Waals surface area contributed by atoms with Gasteiger partial charge in [0.1, 0.15) is 0 Å². The summed E-state index contributed by atoms with van der Waals surface area (Å²) in [6.45, 7) is 5.18. The minimum atomic E-state index is 0.0198. The third-order valence-corrected chi connectivity index (χ3v) is 7.25. The summed E-state index contributed by atoms with van der Waals surface area (Å²) >= 11 is 0. The molecular formula is C32H64O2. The molecule has 0 rings (SSSR count). The molecule has 0 aliphatic rings. The van der Waals surface area contributed by atoms with Crippen molar-refractivity contribution in [2.45, 2.75) is 194 Å². The first-order valence-corrected chi connectivity index (χ1v) is 16.0. The largest absolute Gasteiger partial charge is 0.466 e. The van der Waals surface area contributed by atoms with Crippen molar-refractivity contribution in [1.29, 1.82) is 0 Å². The topological polar surface area (TPSA) is 26.3 Å². The fourth-order valence-corrected chi connectivity index (χ4v) is 4.84. The Hall–Kier alpha value is -0.530. The van der Waals surface area contributed by atoms with E-state index in [2.05, 4.69) is 13.8 Å². The zero-order valence-electron chi connectivity index (χ0n) is 23.8. The lowest BCUT2D eigenvalue weighted by molar-refractivity contribution is -0.143. The number of ether oxygens (including phenoxy) is 1. The van der Waals surface area contributed by atoms with Gasteiger partial charge in [0.25, 0.3) is 0 Å². The van der Waals surface area contributed by atoms with Crippen LogP contribution in [0.2, 0.25) is 0 Å². The number of hydrogen-bond acceptors (Lipinski definition) is 2. The molecule has 0 amide bonds. The van der Waals surface area contributed by atoms with Crippen molar-refractivity contribution in [1.82, 2.24) is 0 Å². The molecule has 34 heavy (non-hydrogen) atoms. The van der Waals surface area contributed by atoms with Crippen LogP contribution in [0.4, 0.5) is 0 Å². The monoisotopic (exact) mass is 480 g/mol. The molecule has 0 atom stereocenters. The summed E-state index contributed by atoms with van der Waals surface area (Å²) in [4.78, 5) is 11.8. The molecule has 0 aliphatic heterocycles. The number of esters is 1. The van der Waals surface area contributed by atoms with Crippen LogP contribution in [0.25, 0.3) is 0 Å². The predicted octanol–water partition coefficient (Wildman–Crippen LogP) is 11.5. The van der Waals surface area contributed by atoms with Crippen LogP contribution in [-0.2, 0) is 9.53 Å². The van der Waals surface area contributed by atoms with Crippen molar-refractivity contribution < 1.29 is 9.53 Å². The van der Waals surface area contributed by atoms with Crippen LogP contribution >= 0.6 is 0 Å². The number of hydrogen-bond donors (Lipinski definition) is 0. The van der Waals surface area contributed by atoms with Gasteiger partial charge < -0.3 is 4.74 Å². The van der Waals surface area contributed by atoms with Crippen molar-refractivity contribution in [2.75, 3.05) is 6.61 Å². The molecule has 2 nitrogen and oxygen atoms in total. The summed E-state index contributed by atoms with van der Waals surface area (Å²) < 4.78 is 5.39. The van der Waals surface area contributed by atoms with E-state index in [1.807, 2.05) is 0 Å². The molecule has 0 heterocycles. The fourth-order valence-electron chi connectivity index (χ4n) is 4.84.